The summed E-state index contributed by atoms with van der Waals surface area (Å²) in [6, 6.07) is 3.90. The molecule has 26 heavy (non-hydrogen) atoms. The maximum Gasteiger partial charge on any atom is 0.203 e. The third-order valence-corrected chi connectivity index (χ3v) is 4.46. The molecule has 8 heteroatoms. The van der Waals surface area contributed by atoms with Gasteiger partial charge in [-0.1, -0.05) is 6.07 Å². The first-order chi connectivity index (χ1) is 12.2. The lowest BCUT2D eigenvalue weighted by atomic mass is 10.1. The van der Waals surface area contributed by atoms with Crippen LogP contribution in [0.1, 0.15) is 18.4 Å². The Morgan fingerprint density at radius 2 is 1.69 bits per heavy atom. The van der Waals surface area contributed by atoms with Crippen molar-refractivity contribution >= 4 is 41.7 Å². The van der Waals surface area contributed by atoms with Crippen LogP contribution < -0.4 is 24.8 Å². The van der Waals surface area contributed by atoms with Gasteiger partial charge in [0.2, 0.25) is 5.75 Å². The van der Waals surface area contributed by atoms with Crippen LogP contribution in [0, 0.1) is 0 Å². The second kappa shape index (κ2) is 15.1. The fraction of sp³-hybridized carbons (Fsp3) is 0.611. The van der Waals surface area contributed by atoms with Crippen molar-refractivity contribution in [1.29, 1.82) is 0 Å². The highest BCUT2D eigenvalue weighted by Gasteiger charge is 2.15. The van der Waals surface area contributed by atoms with Crippen molar-refractivity contribution in [3.8, 4) is 17.2 Å². The average Bonchev–Trinajstić information content (AvgIpc) is 2.65. The Kier molecular flexibility index (Phi) is 14.5. The van der Waals surface area contributed by atoms with Gasteiger partial charge in [0.05, 0.1) is 21.3 Å². The molecule has 0 bridgehead atoms. The minimum atomic E-state index is 0. The fourth-order valence-electron chi connectivity index (χ4n) is 2.47. The summed E-state index contributed by atoms with van der Waals surface area (Å²) in [4.78, 5) is 4.25. The first kappa shape index (κ1) is 25.0. The van der Waals surface area contributed by atoms with Crippen molar-refractivity contribution < 1.29 is 14.2 Å². The molecule has 0 aliphatic carbocycles. The van der Waals surface area contributed by atoms with Crippen LogP contribution in [0.2, 0.25) is 0 Å². The van der Waals surface area contributed by atoms with E-state index in [1.807, 2.05) is 23.9 Å². The van der Waals surface area contributed by atoms with Crippen LogP contribution in [-0.2, 0) is 6.42 Å². The van der Waals surface area contributed by atoms with Crippen LogP contribution in [0.5, 0.6) is 17.2 Å². The minimum absolute atomic E-state index is 0. The molecule has 1 aromatic carbocycles. The third-order valence-electron chi connectivity index (χ3n) is 3.76. The van der Waals surface area contributed by atoms with E-state index in [-0.39, 0.29) is 24.0 Å². The van der Waals surface area contributed by atoms with Gasteiger partial charge in [0.1, 0.15) is 0 Å². The van der Waals surface area contributed by atoms with Crippen molar-refractivity contribution in [2.45, 2.75) is 19.3 Å². The highest BCUT2D eigenvalue weighted by atomic mass is 127. The monoisotopic (exact) mass is 497 g/mol. The Morgan fingerprint density at radius 1 is 1.00 bits per heavy atom. The first-order valence-electron chi connectivity index (χ1n) is 8.43. The summed E-state index contributed by atoms with van der Waals surface area (Å²) in [6.07, 6.45) is 5.28. The van der Waals surface area contributed by atoms with E-state index in [1.165, 1.54) is 12.2 Å². The summed E-state index contributed by atoms with van der Waals surface area (Å²) in [6.45, 7) is 1.68. The molecular weight excluding hydrogens is 465 g/mol. The standard InChI is InChI=1S/C18H31N3O3S.HI/c1-19-18(20-11-6-7-13-25-5)21-12-10-14-8-9-15(22-2)17(24-4)16(14)23-3;/h8-9H,6-7,10-13H2,1-5H3,(H2,19,20,21);1H. The van der Waals surface area contributed by atoms with Crippen LogP contribution in [0.3, 0.4) is 0 Å². The van der Waals surface area contributed by atoms with Gasteiger partial charge in [-0.3, -0.25) is 4.99 Å². The highest BCUT2D eigenvalue weighted by molar-refractivity contribution is 14.0. The normalized spacial score (nSPS) is 10.7. The Balaban J connectivity index is 0.00000625. The van der Waals surface area contributed by atoms with Crippen molar-refractivity contribution in [3.63, 3.8) is 0 Å². The Bertz CT molecular complexity index is 545. The molecule has 6 nitrogen and oxygen atoms in total. The van der Waals surface area contributed by atoms with E-state index in [2.05, 4.69) is 21.9 Å². The molecule has 0 aromatic heterocycles. The van der Waals surface area contributed by atoms with Gasteiger partial charge in [0.15, 0.2) is 17.5 Å². The Hall–Kier alpha value is -1.03. The van der Waals surface area contributed by atoms with Crippen molar-refractivity contribution in [2.24, 2.45) is 4.99 Å². The average molecular weight is 497 g/mol. The van der Waals surface area contributed by atoms with Crippen molar-refractivity contribution in [3.05, 3.63) is 17.7 Å². The van der Waals surface area contributed by atoms with Gasteiger partial charge in [0.25, 0.3) is 0 Å². The van der Waals surface area contributed by atoms with Gasteiger partial charge in [0, 0.05) is 25.7 Å². The van der Waals surface area contributed by atoms with E-state index in [9.17, 15) is 0 Å². The molecule has 0 spiro atoms. The van der Waals surface area contributed by atoms with E-state index < -0.39 is 0 Å². The molecule has 0 unspecified atom stereocenters. The third kappa shape index (κ3) is 8.11. The summed E-state index contributed by atoms with van der Waals surface area (Å²) in [5, 5.41) is 6.67. The Labute approximate surface area is 178 Å². The molecule has 1 aromatic rings. The molecule has 1 rings (SSSR count). The molecule has 0 amide bonds. The number of benzene rings is 1. The van der Waals surface area contributed by atoms with Crippen molar-refractivity contribution in [1.82, 2.24) is 10.6 Å². The second-order valence-electron chi connectivity index (χ2n) is 5.37. The molecule has 0 fully saturated rings. The maximum atomic E-state index is 5.52. The predicted molar refractivity (Wildman–Crippen MR) is 122 cm³/mol. The smallest absolute Gasteiger partial charge is 0.203 e. The summed E-state index contributed by atoms with van der Waals surface area (Å²) in [5.41, 5.74) is 1.06. The lowest BCUT2D eigenvalue weighted by Crippen LogP contribution is -2.38. The molecule has 0 aliphatic rings. The lowest BCUT2D eigenvalue weighted by molar-refractivity contribution is 0.322. The van der Waals surface area contributed by atoms with E-state index >= 15 is 0 Å². The maximum absolute atomic E-state index is 5.52. The van der Waals surface area contributed by atoms with Gasteiger partial charge >= 0.3 is 0 Å². The molecule has 2 N–H and O–H groups in total. The molecular formula is C18H32IN3O3S. The highest BCUT2D eigenvalue weighted by Crippen LogP contribution is 2.39. The molecule has 0 radical (unpaired) electrons. The molecule has 0 aliphatic heterocycles. The summed E-state index contributed by atoms with van der Waals surface area (Å²) in [7, 11) is 6.66. The summed E-state index contributed by atoms with van der Waals surface area (Å²) < 4.78 is 16.3. The zero-order chi connectivity index (χ0) is 18.5. The zero-order valence-corrected chi connectivity index (χ0v) is 19.5. The number of nitrogens with one attached hydrogen (secondary N) is 2. The molecule has 0 atom stereocenters. The SMILES string of the molecule is CN=C(NCCCCSC)NCCc1ccc(OC)c(OC)c1OC.I. The number of aliphatic imine (C=N–C) groups is 1. The van der Waals surface area contributed by atoms with E-state index in [1.54, 1.807) is 28.4 Å². The van der Waals surface area contributed by atoms with Crippen LogP contribution in [-0.4, -0.2) is 59.4 Å². The molecule has 0 saturated carbocycles. The summed E-state index contributed by atoms with van der Waals surface area (Å²) in [5.74, 6) is 4.03. The van der Waals surface area contributed by atoms with Gasteiger partial charge in [-0.25, -0.2) is 0 Å². The van der Waals surface area contributed by atoms with Gasteiger partial charge in [-0.05, 0) is 37.3 Å². The zero-order valence-electron chi connectivity index (χ0n) is 16.4. The number of thioether (sulfide) groups is 1. The lowest BCUT2D eigenvalue weighted by Gasteiger charge is -2.16. The number of unbranched alkanes of at least 4 members (excludes halogenated alkanes) is 1. The van der Waals surface area contributed by atoms with Gasteiger partial charge in [-0.2, -0.15) is 11.8 Å². The van der Waals surface area contributed by atoms with Crippen LogP contribution in [0.4, 0.5) is 0 Å². The van der Waals surface area contributed by atoms with Crippen LogP contribution in [0.15, 0.2) is 17.1 Å². The number of guanidine groups is 1. The second-order valence-corrected chi connectivity index (χ2v) is 6.35. The number of halogens is 1. The van der Waals surface area contributed by atoms with E-state index in [4.69, 9.17) is 14.2 Å². The number of hydrogen-bond donors (Lipinski definition) is 2. The Morgan fingerprint density at radius 3 is 2.27 bits per heavy atom. The minimum Gasteiger partial charge on any atom is -0.493 e. The van der Waals surface area contributed by atoms with Crippen LogP contribution >= 0.6 is 35.7 Å². The predicted octanol–water partition coefficient (Wildman–Crippen LogP) is 3.18. The van der Waals surface area contributed by atoms with Crippen LogP contribution in [0.25, 0.3) is 0 Å². The van der Waals surface area contributed by atoms with Gasteiger partial charge in [-0.15, -0.1) is 24.0 Å². The number of nitrogens with zero attached hydrogens (tertiary/aromatic N) is 1. The number of rotatable bonds is 11. The fourth-order valence-corrected chi connectivity index (χ4v) is 2.97. The molecule has 0 saturated heterocycles. The van der Waals surface area contributed by atoms with Gasteiger partial charge < -0.3 is 24.8 Å². The molecule has 0 heterocycles. The van der Waals surface area contributed by atoms with Crippen molar-refractivity contribution in [2.75, 3.05) is 53.5 Å². The number of hydrogen-bond acceptors (Lipinski definition) is 5. The quantitative estimate of drug-likeness (QED) is 0.212. The largest absolute Gasteiger partial charge is 0.493 e. The summed E-state index contributed by atoms with van der Waals surface area (Å²) >= 11 is 1.88. The number of methoxy groups -OCH3 is 3. The van der Waals surface area contributed by atoms with E-state index in [0.29, 0.717) is 17.2 Å². The number of ether oxygens (including phenoxy) is 3. The molecule has 150 valence electrons. The van der Waals surface area contributed by atoms with E-state index in [0.717, 1.165) is 37.5 Å². The first-order valence-corrected chi connectivity index (χ1v) is 9.82. The topological polar surface area (TPSA) is 64.1 Å².